The van der Waals surface area contributed by atoms with Crippen molar-refractivity contribution < 1.29 is 19.1 Å². The Labute approximate surface area is 136 Å². The molecule has 0 spiro atoms. The van der Waals surface area contributed by atoms with Crippen LogP contribution >= 0.6 is 0 Å². The van der Waals surface area contributed by atoms with Crippen molar-refractivity contribution in [1.29, 1.82) is 0 Å². The van der Waals surface area contributed by atoms with Crippen molar-refractivity contribution >= 4 is 28.9 Å². The number of ether oxygens (including phenoxy) is 2. The van der Waals surface area contributed by atoms with Gasteiger partial charge in [0.15, 0.2) is 0 Å². The molecule has 0 aliphatic carbocycles. The molecule has 8 heteroatoms. The summed E-state index contributed by atoms with van der Waals surface area (Å²) in [5.41, 5.74) is 5.42. The predicted octanol–water partition coefficient (Wildman–Crippen LogP) is 2.93. The molecule has 2 heterocycles. The highest BCUT2D eigenvalue weighted by molar-refractivity contribution is 5.93. The van der Waals surface area contributed by atoms with E-state index in [1.165, 1.54) is 10.8 Å². The number of rotatable bonds is 3. The third kappa shape index (κ3) is 3.12. The molecule has 1 amide bonds. The molecule has 0 radical (unpaired) electrons. The summed E-state index contributed by atoms with van der Waals surface area (Å²) >= 11 is 0. The maximum absolute atomic E-state index is 11.8. The zero-order chi connectivity index (χ0) is 17.1. The van der Waals surface area contributed by atoms with E-state index in [1.54, 1.807) is 49.6 Å². The number of nitrogens with zero attached hydrogens (tertiary/aromatic N) is 2. The van der Waals surface area contributed by atoms with Gasteiger partial charge >= 0.3 is 12.2 Å². The summed E-state index contributed by atoms with van der Waals surface area (Å²) in [4.78, 5) is 26.6. The quantitative estimate of drug-likeness (QED) is 0.716. The van der Waals surface area contributed by atoms with Crippen molar-refractivity contribution in [1.82, 2.24) is 9.55 Å². The summed E-state index contributed by atoms with van der Waals surface area (Å²) in [6.45, 7) is 0. The molecule has 0 bridgehead atoms. The monoisotopic (exact) mass is 326 g/mol. The molecule has 122 valence electrons. The van der Waals surface area contributed by atoms with Crippen molar-refractivity contribution in [2.75, 3.05) is 12.4 Å². The summed E-state index contributed by atoms with van der Waals surface area (Å²) in [6.07, 6.45) is 1.11. The molecular weight excluding hydrogens is 312 g/mol. The number of pyridine rings is 1. The zero-order valence-corrected chi connectivity index (χ0v) is 12.7. The molecule has 1 aromatic carbocycles. The number of hydrogen-bond donors (Lipinski definition) is 2. The minimum atomic E-state index is -1.15. The van der Waals surface area contributed by atoms with Crippen LogP contribution in [0.1, 0.15) is 0 Å². The molecule has 3 aromatic rings. The number of hydrogen-bond acceptors (Lipinski definition) is 6. The lowest BCUT2D eigenvalue weighted by atomic mass is 10.2. The number of primary amides is 1. The van der Waals surface area contributed by atoms with Crippen LogP contribution in [0.5, 0.6) is 11.5 Å². The second kappa shape index (κ2) is 6.29. The first kappa shape index (κ1) is 15.3. The van der Waals surface area contributed by atoms with Gasteiger partial charge in [-0.1, -0.05) is 0 Å². The van der Waals surface area contributed by atoms with Crippen LogP contribution in [0.4, 0.5) is 15.4 Å². The second-order valence-electron chi connectivity index (χ2n) is 4.82. The molecule has 0 aliphatic rings. The third-order valence-corrected chi connectivity index (χ3v) is 3.27. The topological polar surface area (TPSA) is 108 Å². The van der Waals surface area contributed by atoms with E-state index in [2.05, 4.69) is 15.0 Å². The molecule has 8 nitrogen and oxygen atoms in total. The lowest BCUT2D eigenvalue weighted by Crippen LogP contribution is -2.21. The van der Waals surface area contributed by atoms with E-state index >= 15 is 0 Å². The molecule has 3 N–H and O–H groups in total. The van der Waals surface area contributed by atoms with Crippen LogP contribution in [0.15, 0.2) is 48.8 Å². The van der Waals surface area contributed by atoms with E-state index < -0.39 is 12.2 Å². The van der Waals surface area contributed by atoms with Crippen molar-refractivity contribution in [3.8, 4) is 11.5 Å². The Hall–Kier alpha value is -3.55. The summed E-state index contributed by atoms with van der Waals surface area (Å²) < 4.78 is 11.3. The summed E-state index contributed by atoms with van der Waals surface area (Å²) in [5, 5.41) is 3.68. The van der Waals surface area contributed by atoms with Gasteiger partial charge in [-0.25, -0.2) is 14.6 Å². The largest absolute Gasteiger partial charge is 0.457 e. The maximum Gasteiger partial charge on any atom is 0.427 e. The SMILES string of the molecule is CNc1cc(Oc2ccc3c(ccn3C(=O)OC(N)=O)c2)ccn1. The van der Waals surface area contributed by atoms with E-state index in [1.807, 2.05) is 0 Å². The highest BCUT2D eigenvalue weighted by atomic mass is 16.6. The number of anilines is 1. The van der Waals surface area contributed by atoms with Crippen LogP contribution in [-0.2, 0) is 4.74 Å². The van der Waals surface area contributed by atoms with Crippen LogP contribution in [0.3, 0.4) is 0 Å². The molecule has 0 saturated heterocycles. The van der Waals surface area contributed by atoms with Gasteiger partial charge in [0.05, 0.1) is 5.52 Å². The van der Waals surface area contributed by atoms with Gasteiger partial charge in [-0.05, 0) is 30.3 Å². The minimum Gasteiger partial charge on any atom is -0.457 e. The highest BCUT2D eigenvalue weighted by Crippen LogP contribution is 2.27. The lowest BCUT2D eigenvalue weighted by Gasteiger charge is -2.08. The standard InChI is InChI=1S/C16H14N4O4/c1-18-14-9-12(4-6-19-14)23-11-2-3-13-10(8-11)5-7-20(13)16(22)24-15(17)21/h2-9H,1H3,(H2,17,21)(H,18,19). The van der Waals surface area contributed by atoms with Crippen LogP contribution in [0.2, 0.25) is 0 Å². The Bertz CT molecular complexity index is 919. The smallest absolute Gasteiger partial charge is 0.427 e. The van der Waals surface area contributed by atoms with E-state index in [4.69, 9.17) is 10.5 Å². The summed E-state index contributed by atoms with van der Waals surface area (Å²) in [6, 6.07) is 10.4. The lowest BCUT2D eigenvalue weighted by molar-refractivity contribution is 0.159. The van der Waals surface area contributed by atoms with Gasteiger partial charge in [0.25, 0.3) is 0 Å². The van der Waals surface area contributed by atoms with Crippen LogP contribution in [0.25, 0.3) is 10.9 Å². The fourth-order valence-electron chi connectivity index (χ4n) is 2.23. The molecule has 0 atom stereocenters. The first-order valence-electron chi connectivity index (χ1n) is 7.01. The van der Waals surface area contributed by atoms with Gasteiger partial charge in [0.1, 0.15) is 17.3 Å². The number of carbonyl (C=O) groups excluding carboxylic acids is 2. The fourth-order valence-corrected chi connectivity index (χ4v) is 2.23. The molecular formula is C16H14N4O4. The normalized spacial score (nSPS) is 10.4. The Morgan fingerprint density at radius 1 is 1.17 bits per heavy atom. The first-order valence-corrected chi connectivity index (χ1v) is 7.01. The molecule has 0 saturated carbocycles. The van der Waals surface area contributed by atoms with Crippen molar-refractivity contribution in [2.24, 2.45) is 5.73 Å². The molecule has 0 fully saturated rings. The van der Waals surface area contributed by atoms with Crippen molar-refractivity contribution in [2.45, 2.75) is 0 Å². The van der Waals surface area contributed by atoms with E-state index in [0.29, 0.717) is 22.8 Å². The number of nitrogens with two attached hydrogens (primary N) is 1. The Morgan fingerprint density at radius 3 is 2.71 bits per heavy atom. The van der Waals surface area contributed by atoms with Gasteiger partial charge in [0, 0.05) is 30.9 Å². The number of aromatic nitrogens is 2. The Balaban J connectivity index is 1.87. The molecule has 3 rings (SSSR count). The number of benzene rings is 1. The van der Waals surface area contributed by atoms with Crippen LogP contribution in [0, 0.1) is 0 Å². The molecule has 24 heavy (non-hydrogen) atoms. The third-order valence-electron chi connectivity index (χ3n) is 3.27. The van der Waals surface area contributed by atoms with Crippen molar-refractivity contribution in [3.05, 3.63) is 48.8 Å². The number of amides is 1. The van der Waals surface area contributed by atoms with E-state index in [0.717, 1.165) is 5.39 Å². The Morgan fingerprint density at radius 2 is 1.96 bits per heavy atom. The van der Waals surface area contributed by atoms with Gasteiger partial charge in [-0.15, -0.1) is 0 Å². The van der Waals surface area contributed by atoms with Gasteiger partial charge in [-0.2, -0.15) is 0 Å². The van der Waals surface area contributed by atoms with Gasteiger partial charge < -0.3 is 20.5 Å². The first-order chi connectivity index (χ1) is 11.6. The number of nitrogens with one attached hydrogen (secondary N) is 1. The van der Waals surface area contributed by atoms with E-state index in [-0.39, 0.29) is 0 Å². The molecule has 2 aromatic heterocycles. The molecule has 0 aliphatic heterocycles. The predicted molar refractivity (Wildman–Crippen MR) is 87.3 cm³/mol. The summed E-state index contributed by atoms with van der Waals surface area (Å²) in [5.74, 6) is 1.91. The minimum absolute atomic E-state index is 0.569. The molecule has 0 unspecified atom stereocenters. The fraction of sp³-hybridized carbons (Fsp3) is 0.0625. The second-order valence-corrected chi connectivity index (χ2v) is 4.82. The number of carbonyl (C=O) groups is 2. The van der Waals surface area contributed by atoms with Crippen LogP contribution < -0.4 is 15.8 Å². The Kier molecular flexibility index (Phi) is 4.02. The number of fused-ring (bicyclic) bond motifs is 1. The zero-order valence-electron chi connectivity index (χ0n) is 12.7. The maximum atomic E-state index is 11.8. The average Bonchev–Trinajstić information content (AvgIpc) is 2.97. The van der Waals surface area contributed by atoms with Crippen LogP contribution in [-0.4, -0.2) is 28.8 Å². The highest BCUT2D eigenvalue weighted by Gasteiger charge is 2.13. The summed E-state index contributed by atoms with van der Waals surface area (Å²) in [7, 11) is 1.77. The van der Waals surface area contributed by atoms with Gasteiger partial charge in [0.2, 0.25) is 0 Å². The van der Waals surface area contributed by atoms with Gasteiger partial charge in [-0.3, -0.25) is 4.57 Å². The van der Waals surface area contributed by atoms with Crippen molar-refractivity contribution in [3.63, 3.8) is 0 Å². The average molecular weight is 326 g/mol. The van der Waals surface area contributed by atoms with E-state index in [9.17, 15) is 9.59 Å².